The van der Waals surface area contributed by atoms with Crippen LogP contribution in [0.25, 0.3) is 11.4 Å². The third-order valence-electron chi connectivity index (χ3n) is 2.97. The molecule has 1 amide bonds. The van der Waals surface area contributed by atoms with Gasteiger partial charge < -0.3 is 14.6 Å². The van der Waals surface area contributed by atoms with Gasteiger partial charge in [-0.15, -0.1) is 0 Å². The molecule has 2 aromatic rings. The minimum absolute atomic E-state index is 0.0687. The monoisotopic (exact) mass is 305 g/mol. The molecule has 3 heterocycles. The number of imidazole rings is 1. The maximum Gasteiger partial charge on any atom is 0.276 e. The summed E-state index contributed by atoms with van der Waals surface area (Å²) in [6, 6.07) is 1.66. The van der Waals surface area contributed by atoms with Crippen molar-refractivity contribution in [3.8, 4) is 17.1 Å². The highest BCUT2D eigenvalue weighted by molar-refractivity contribution is 6.29. The molecule has 8 heteroatoms. The molecular weight excluding hydrogens is 294 g/mol. The molecule has 1 aliphatic rings. The zero-order valence-electron chi connectivity index (χ0n) is 11.2. The highest BCUT2D eigenvalue weighted by Gasteiger charge is 2.21. The molecule has 2 N–H and O–H groups in total. The molecule has 0 spiro atoms. The SMILES string of the molecule is CC(=N)NC(=O)c1cn2c(n1)-c1cc(Cl)ncc1OCC2. The Kier molecular flexibility index (Phi) is 3.34. The second-order valence-electron chi connectivity index (χ2n) is 4.57. The van der Waals surface area contributed by atoms with Crippen LogP contribution in [0.3, 0.4) is 0 Å². The van der Waals surface area contributed by atoms with Crippen LogP contribution in [-0.2, 0) is 6.54 Å². The summed E-state index contributed by atoms with van der Waals surface area (Å²) in [6.07, 6.45) is 3.18. The summed E-state index contributed by atoms with van der Waals surface area (Å²) in [5, 5.41) is 10.1. The van der Waals surface area contributed by atoms with E-state index in [1.807, 2.05) is 4.57 Å². The van der Waals surface area contributed by atoms with Gasteiger partial charge in [0, 0.05) is 6.20 Å². The number of halogens is 1. The van der Waals surface area contributed by atoms with E-state index < -0.39 is 5.91 Å². The molecule has 21 heavy (non-hydrogen) atoms. The molecule has 2 aromatic heterocycles. The molecule has 0 atom stereocenters. The fourth-order valence-electron chi connectivity index (χ4n) is 2.11. The summed E-state index contributed by atoms with van der Waals surface area (Å²) in [7, 11) is 0. The average molecular weight is 306 g/mol. The highest BCUT2D eigenvalue weighted by atomic mass is 35.5. The van der Waals surface area contributed by atoms with Crippen LogP contribution in [-0.4, -0.2) is 32.9 Å². The van der Waals surface area contributed by atoms with Gasteiger partial charge in [0.15, 0.2) is 0 Å². The van der Waals surface area contributed by atoms with E-state index in [0.29, 0.717) is 35.4 Å². The van der Waals surface area contributed by atoms with Gasteiger partial charge in [0.1, 0.15) is 29.0 Å². The van der Waals surface area contributed by atoms with E-state index in [0.717, 1.165) is 0 Å². The van der Waals surface area contributed by atoms with E-state index in [4.69, 9.17) is 21.7 Å². The molecule has 0 aromatic carbocycles. The summed E-state index contributed by atoms with van der Waals surface area (Å²) in [6.45, 7) is 2.50. The molecule has 7 nitrogen and oxygen atoms in total. The first kappa shape index (κ1) is 13.6. The average Bonchev–Trinajstić information content (AvgIpc) is 2.77. The molecular formula is C13H12ClN5O2. The highest BCUT2D eigenvalue weighted by Crippen LogP contribution is 2.32. The van der Waals surface area contributed by atoms with Gasteiger partial charge in [-0.25, -0.2) is 9.97 Å². The summed E-state index contributed by atoms with van der Waals surface area (Å²) in [4.78, 5) is 20.3. The Morgan fingerprint density at radius 1 is 1.57 bits per heavy atom. The van der Waals surface area contributed by atoms with Gasteiger partial charge in [0.25, 0.3) is 5.91 Å². The summed E-state index contributed by atoms with van der Waals surface area (Å²) < 4.78 is 7.42. The van der Waals surface area contributed by atoms with Crippen molar-refractivity contribution in [1.82, 2.24) is 19.9 Å². The van der Waals surface area contributed by atoms with E-state index in [1.165, 1.54) is 6.92 Å². The lowest BCUT2D eigenvalue weighted by atomic mass is 10.2. The van der Waals surface area contributed by atoms with Crippen molar-refractivity contribution >= 4 is 23.3 Å². The number of aromatic nitrogens is 3. The number of nitrogens with one attached hydrogen (secondary N) is 2. The fraction of sp³-hybridized carbons (Fsp3) is 0.231. The molecule has 0 saturated heterocycles. The summed E-state index contributed by atoms with van der Waals surface area (Å²) in [5.74, 6) is 0.836. The van der Waals surface area contributed by atoms with E-state index in [9.17, 15) is 4.79 Å². The molecule has 0 unspecified atom stereocenters. The Labute approximate surface area is 125 Å². The third-order valence-corrected chi connectivity index (χ3v) is 3.18. The van der Waals surface area contributed by atoms with E-state index in [1.54, 1.807) is 18.5 Å². The predicted molar refractivity (Wildman–Crippen MR) is 76.8 cm³/mol. The van der Waals surface area contributed by atoms with Crippen LogP contribution in [0.5, 0.6) is 5.75 Å². The molecule has 0 saturated carbocycles. The number of amides is 1. The van der Waals surface area contributed by atoms with Crippen LogP contribution in [0.1, 0.15) is 17.4 Å². The van der Waals surface area contributed by atoms with Crippen LogP contribution >= 0.6 is 11.6 Å². The molecule has 3 rings (SSSR count). The number of hydrogen-bond donors (Lipinski definition) is 2. The Morgan fingerprint density at radius 3 is 3.14 bits per heavy atom. The Balaban J connectivity index is 2.06. The maximum absolute atomic E-state index is 11.9. The number of fused-ring (bicyclic) bond motifs is 3. The van der Waals surface area contributed by atoms with Gasteiger partial charge in [0.05, 0.1) is 24.1 Å². The smallest absolute Gasteiger partial charge is 0.276 e. The van der Waals surface area contributed by atoms with Gasteiger partial charge in [0.2, 0.25) is 0 Å². The minimum atomic E-state index is -0.411. The number of ether oxygens (including phenoxy) is 1. The van der Waals surface area contributed by atoms with Crippen molar-refractivity contribution in [2.45, 2.75) is 13.5 Å². The number of carbonyl (C=O) groups excluding carboxylic acids is 1. The standard InChI is InChI=1S/C13H12ClN5O2/c1-7(15)17-13(20)9-6-19-2-3-21-10-5-16-11(14)4-8(10)12(19)18-9/h4-6H,2-3H2,1H3,(H2,15,17,20). The zero-order valence-corrected chi connectivity index (χ0v) is 11.9. The number of pyridine rings is 1. The second-order valence-corrected chi connectivity index (χ2v) is 4.96. The normalized spacial score (nSPS) is 12.7. The van der Waals surface area contributed by atoms with Gasteiger partial charge in [-0.1, -0.05) is 11.6 Å². The number of carbonyl (C=O) groups is 1. The van der Waals surface area contributed by atoms with Gasteiger partial charge >= 0.3 is 0 Å². The van der Waals surface area contributed by atoms with Crippen LogP contribution < -0.4 is 10.1 Å². The largest absolute Gasteiger partial charge is 0.489 e. The van der Waals surface area contributed by atoms with Crippen molar-refractivity contribution in [3.63, 3.8) is 0 Å². The first-order valence-corrected chi connectivity index (χ1v) is 6.65. The van der Waals surface area contributed by atoms with E-state index in [2.05, 4.69) is 15.3 Å². The number of rotatable bonds is 1. The summed E-state index contributed by atoms with van der Waals surface area (Å²) >= 11 is 5.92. The van der Waals surface area contributed by atoms with Gasteiger partial charge in [-0.05, 0) is 13.0 Å². The van der Waals surface area contributed by atoms with Crippen molar-refractivity contribution < 1.29 is 9.53 Å². The van der Waals surface area contributed by atoms with Crippen molar-refractivity contribution in [3.05, 3.63) is 29.3 Å². The number of nitrogens with zero attached hydrogens (tertiary/aromatic N) is 3. The van der Waals surface area contributed by atoms with Crippen LogP contribution in [0.15, 0.2) is 18.5 Å². The predicted octanol–water partition coefficient (Wildman–Crippen LogP) is 1.72. The van der Waals surface area contributed by atoms with Crippen molar-refractivity contribution in [1.29, 1.82) is 5.41 Å². The Morgan fingerprint density at radius 2 is 2.38 bits per heavy atom. The van der Waals surface area contributed by atoms with Gasteiger partial charge in [-0.3, -0.25) is 10.2 Å². The van der Waals surface area contributed by atoms with Crippen LogP contribution in [0.4, 0.5) is 0 Å². The van der Waals surface area contributed by atoms with Crippen molar-refractivity contribution in [2.24, 2.45) is 0 Å². The number of amidine groups is 1. The fourth-order valence-corrected chi connectivity index (χ4v) is 2.26. The Hall–Kier alpha value is -2.41. The van der Waals surface area contributed by atoms with Crippen LogP contribution in [0, 0.1) is 5.41 Å². The topological polar surface area (TPSA) is 92.9 Å². The molecule has 0 aliphatic carbocycles. The minimum Gasteiger partial charge on any atom is -0.489 e. The lowest BCUT2D eigenvalue weighted by Crippen LogP contribution is -2.27. The Bertz CT molecular complexity index is 740. The summed E-state index contributed by atoms with van der Waals surface area (Å²) in [5.41, 5.74) is 0.940. The zero-order chi connectivity index (χ0) is 15.0. The first-order chi connectivity index (χ1) is 10.0. The molecule has 108 valence electrons. The molecule has 0 bridgehead atoms. The molecule has 1 aliphatic heterocycles. The van der Waals surface area contributed by atoms with E-state index >= 15 is 0 Å². The van der Waals surface area contributed by atoms with E-state index in [-0.39, 0.29) is 11.5 Å². The lowest BCUT2D eigenvalue weighted by Gasteiger charge is -2.05. The van der Waals surface area contributed by atoms with Gasteiger partial charge in [-0.2, -0.15) is 0 Å². The first-order valence-electron chi connectivity index (χ1n) is 6.27. The molecule has 0 fully saturated rings. The second kappa shape index (κ2) is 5.17. The van der Waals surface area contributed by atoms with Crippen molar-refractivity contribution in [2.75, 3.05) is 6.61 Å². The quantitative estimate of drug-likeness (QED) is 0.476. The lowest BCUT2D eigenvalue weighted by molar-refractivity contribution is 0.0972. The number of hydrogen-bond acceptors (Lipinski definition) is 5. The maximum atomic E-state index is 11.9. The van der Waals surface area contributed by atoms with Crippen LogP contribution in [0.2, 0.25) is 5.15 Å². The molecule has 0 radical (unpaired) electrons. The third kappa shape index (κ3) is 2.59.